The highest BCUT2D eigenvalue weighted by Crippen LogP contribution is 2.44. The van der Waals surface area contributed by atoms with Crippen LogP contribution in [0.4, 0.5) is 27.8 Å². The molecule has 0 radical (unpaired) electrons. The van der Waals surface area contributed by atoms with Crippen molar-refractivity contribution in [2.45, 2.75) is 69.9 Å². The van der Waals surface area contributed by atoms with Gasteiger partial charge in [0.05, 0.1) is 23.8 Å². The Morgan fingerprint density at radius 2 is 1.80 bits per heavy atom. The number of hydrogen-bond donors (Lipinski definition) is 1. The van der Waals surface area contributed by atoms with Crippen LogP contribution in [0.5, 0.6) is 17.6 Å². The molecule has 3 atom stereocenters. The molecule has 3 fully saturated rings. The predicted octanol–water partition coefficient (Wildman–Crippen LogP) is 5.81. The van der Waals surface area contributed by atoms with E-state index in [0.29, 0.717) is 18.2 Å². The minimum Gasteiger partial charge on any atom is -0.508 e. The van der Waals surface area contributed by atoms with E-state index in [2.05, 4.69) is 25.8 Å². The molecule has 0 spiro atoms. The highest BCUT2D eigenvalue weighted by molar-refractivity contribution is 6.04. The molecule has 7 rings (SSSR count). The number of ether oxygens (including phenoxy) is 2. The molecule has 51 heavy (non-hydrogen) atoms. The lowest BCUT2D eigenvalue weighted by atomic mass is 9.95. The minimum atomic E-state index is -5.03. The Kier molecular flexibility index (Phi) is 8.77. The van der Waals surface area contributed by atoms with Crippen molar-refractivity contribution in [3.8, 4) is 41.2 Å². The van der Waals surface area contributed by atoms with Gasteiger partial charge in [-0.3, -0.25) is 4.79 Å². The summed E-state index contributed by atoms with van der Waals surface area (Å²) in [6.45, 7) is 4.47. The number of carbonyl (C=O) groups is 1. The molecule has 2 bridgehead atoms. The van der Waals surface area contributed by atoms with Crippen LogP contribution < -0.4 is 14.4 Å². The van der Waals surface area contributed by atoms with Crippen molar-refractivity contribution in [2.24, 2.45) is 0 Å². The van der Waals surface area contributed by atoms with Crippen molar-refractivity contribution in [2.75, 3.05) is 38.2 Å². The van der Waals surface area contributed by atoms with Gasteiger partial charge in [-0.25, -0.2) is 13.8 Å². The maximum atomic E-state index is 17.2. The first kappa shape index (κ1) is 34.5. The number of rotatable bonds is 7. The number of hydrogen-bond acceptors (Lipinski definition) is 9. The van der Waals surface area contributed by atoms with Gasteiger partial charge in [-0.2, -0.15) is 23.1 Å². The molecule has 3 aliphatic rings. The van der Waals surface area contributed by atoms with Gasteiger partial charge in [-0.1, -0.05) is 12.0 Å². The zero-order valence-electron chi connectivity index (χ0n) is 28.1. The van der Waals surface area contributed by atoms with E-state index in [1.165, 1.54) is 18.2 Å². The summed E-state index contributed by atoms with van der Waals surface area (Å²) in [4.78, 5) is 30.9. The van der Waals surface area contributed by atoms with Crippen LogP contribution >= 0.6 is 0 Å². The molecule has 1 amide bonds. The average molecular weight is 711 g/mol. The maximum Gasteiger partial charge on any atom is 0.471 e. The maximum absolute atomic E-state index is 17.2. The Hall–Kier alpha value is -4.97. The molecule has 4 aromatic rings. The van der Waals surface area contributed by atoms with Gasteiger partial charge < -0.3 is 29.3 Å². The molecule has 15 heteroatoms. The van der Waals surface area contributed by atoms with E-state index >= 15 is 8.78 Å². The number of aromatic hydroxyl groups is 1. The van der Waals surface area contributed by atoms with E-state index in [1.807, 2.05) is 7.05 Å². The van der Waals surface area contributed by atoms with Crippen molar-refractivity contribution in [3.05, 3.63) is 41.5 Å². The number of pyridine rings is 1. The Balaban J connectivity index is 1.44. The van der Waals surface area contributed by atoms with Gasteiger partial charge in [-0.15, -0.1) is 6.42 Å². The summed E-state index contributed by atoms with van der Waals surface area (Å²) in [7, 11) is 1.96. The zero-order valence-corrected chi connectivity index (χ0v) is 28.1. The number of alkyl halides is 3. The molecule has 3 aliphatic heterocycles. The molecule has 2 unspecified atom stereocenters. The van der Waals surface area contributed by atoms with E-state index in [0.717, 1.165) is 30.4 Å². The predicted molar refractivity (Wildman–Crippen MR) is 179 cm³/mol. The van der Waals surface area contributed by atoms with Gasteiger partial charge in [-0.05, 0) is 76.7 Å². The fourth-order valence-electron chi connectivity index (χ4n) is 7.55. The normalized spacial score (nSPS) is 20.8. The number of anilines is 1. The van der Waals surface area contributed by atoms with Crippen molar-refractivity contribution in [1.29, 1.82) is 0 Å². The van der Waals surface area contributed by atoms with Crippen LogP contribution in [0.2, 0.25) is 0 Å². The summed E-state index contributed by atoms with van der Waals surface area (Å²) in [5.74, 6) is -1.52. The number of phenolic OH excluding ortho intramolecular Hbond substituents is 1. The van der Waals surface area contributed by atoms with Crippen molar-refractivity contribution < 1.29 is 41.3 Å². The zero-order chi connectivity index (χ0) is 36.4. The molecule has 0 aliphatic carbocycles. The SMILES string of the molecule is C#Cc1c(F)ccc2cc(O)cc(-c3nc(OC(C)C)c4c(N5CC6CCC(C5)N6C(=O)C(F)(F)F)nc(OC[C@@H]5CCCN5C)nc4c3F)c12. The largest absolute Gasteiger partial charge is 0.508 e. The first-order chi connectivity index (χ1) is 24.2. The third kappa shape index (κ3) is 6.19. The van der Waals surface area contributed by atoms with Crippen LogP contribution in [0.1, 0.15) is 45.1 Å². The lowest BCUT2D eigenvalue weighted by Gasteiger charge is -2.42. The molecule has 2 aromatic heterocycles. The number of piperazine rings is 1. The second-order valence-electron chi connectivity index (χ2n) is 13.5. The minimum absolute atomic E-state index is 0.0158. The topological polar surface area (TPSA) is 104 Å². The highest BCUT2D eigenvalue weighted by Gasteiger charge is 2.52. The number of halogens is 5. The molecule has 2 aromatic carbocycles. The number of aromatic nitrogens is 3. The average Bonchev–Trinajstić information content (AvgIpc) is 3.60. The van der Waals surface area contributed by atoms with E-state index < -0.39 is 41.9 Å². The van der Waals surface area contributed by atoms with Gasteiger partial charge in [0.2, 0.25) is 5.88 Å². The third-order valence-corrected chi connectivity index (χ3v) is 9.85. The third-order valence-electron chi connectivity index (χ3n) is 9.85. The van der Waals surface area contributed by atoms with Gasteiger partial charge in [0.1, 0.15) is 40.6 Å². The molecule has 5 heterocycles. The molecular formula is C36H35F5N6O4. The van der Waals surface area contributed by atoms with Crippen molar-refractivity contribution in [3.63, 3.8) is 0 Å². The summed E-state index contributed by atoms with van der Waals surface area (Å²) >= 11 is 0. The van der Waals surface area contributed by atoms with Crippen LogP contribution in [-0.2, 0) is 4.79 Å². The first-order valence-electron chi connectivity index (χ1n) is 16.7. The number of likely N-dealkylation sites (N-methyl/N-ethyl adjacent to an activating group) is 1. The molecule has 10 nitrogen and oxygen atoms in total. The summed E-state index contributed by atoms with van der Waals surface area (Å²) in [6.07, 6.45) is 2.68. The number of fused-ring (bicyclic) bond motifs is 4. The van der Waals surface area contributed by atoms with Crippen LogP contribution in [0.25, 0.3) is 32.9 Å². The number of benzene rings is 2. The smallest absolute Gasteiger partial charge is 0.471 e. The summed E-state index contributed by atoms with van der Waals surface area (Å²) in [6, 6.07) is 3.47. The van der Waals surface area contributed by atoms with E-state index in [1.54, 1.807) is 18.7 Å². The number of terminal acetylenes is 1. The lowest BCUT2D eigenvalue weighted by Crippen LogP contribution is -2.59. The number of amides is 1. The number of carbonyl (C=O) groups excluding carboxylic acids is 1. The standard InChI is InChI=1S/C36H35F5N6O4/c1-5-24-26(37)11-8-19-13-23(48)14-25(27(19)24)30-29(38)31-28(33(42-30)51-18(2)3)32(44-35(43-31)50-17-22-7-6-12-45(22)4)46-15-20-9-10-21(16-46)47(20)34(49)36(39,40)41/h1,8,11,13-14,18,20-22,48H,6-7,9-10,12,15-17H2,2-4H3/t20?,21?,22-/m0/s1. The van der Waals surface area contributed by atoms with Crippen LogP contribution in [0, 0.1) is 24.0 Å². The second kappa shape index (κ2) is 13.0. The van der Waals surface area contributed by atoms with E-state index in [9.17, 15) is 23.1 Å². The molecule has 3 saturated heterocycles. The first-order valence-corrected chi connectivity index (χ1v) is 16.7. The number of likely N-dealkylation sites (tertiary alicyclic amines) is 1. The Morgan fingerprint density at radius 3 is 2.43 bits per heavy atom. The van der Waals surface area contributed by atoms with Gasteiger partial charge >= 0.3 is 18.1 Å². The summed E-state index contributed by atoms with van der Waals surface area (Å²) in [5, 5.41) is 11.2. The molecule has 0 saturated carbocycles. The quantitative estimate of drug-likeness (QED) is 0.188. The fourth-order valence-corrected chi connectivity index (χ4v) is 7.55. The molecular weight excluding hydrogens is 675 g/mol. The number of phenols is 1. The highest BCUT2D eigenvalue weighted by atomic mass is 19.4. The van der Waals surface area contributed by atoms with Crippen LogP contribution in [0.3, 0.4) is 0 Å². The van der Waals surface area contributed by atoms with Gasteiger partial charge in [0.15, 0.2) is 5.82 Å². The summed E-state index contributed by atoms with van der Waals surface area (Å²) < 4.78 is 85.1. The van der Waals surface area contributed by atoms with Gasteiger partial charge in [0.25, 0.3) is 0 Å². The Morgan fingerprint density at radius 1 is 1.08 bits per heavy atom. The second-order valence-corrected chi connectivity index (χ2v) is 13.5. The van der Waals surface area contributed by atoms with Crippen LogP contribution in [0.15, 0.2) is 24.3 Å². The van der Waals surface area contributed by atoms with E-state index in [-0.39, 0.29) is 82.3 Å². The Labute approximate surface area is 290 Å². The van der Waals surface area contributed by atoms with Crippen molar-refractivity contribution >= 4 is 33.4 Å². The molecule has 268 valence electrons. The fraction of sp³-hybridized carbons (Fsp3) is 0.444. The van der Waals surface area contributed by atoms with Crippen LogP contribution in [-0.4, -0.2) is 99.5 Å². The van der Waals surface area contributed by atoms with Crippen molar-refractivity contribution in [1.82, 2.24) is 24.8 Å². The Bertz CT molecular complexity index is 2070. The number of nitrogens with zero attached hydrogens (tertiary/aromatic N) is 6. The van der Waals surface area contributed by atoms with E-state index in [4.69, 9.17) is 15.9 Å². The molecule has 1 N–H and O–H groups in total. The monoisotopic (exact) mass is 710 g/mol. The lowest BCUT2D eigenvalue weighted by molar-refractivity contribution is -0.188. The van der Waals surface area contributed by atoms with Gasteiger partial charge in [0, 0.05) is 30.1 Å². The summed E-state index contributed by atoms with van der Waals surface area (Å²) in [5.41, 5.74) is -0.789.